The van der Waals surface area contributed by atoms with Crippen molar-refractivity contribution in [1.29, 1.82) is 0 Å². The van der Waals surface area contributed by atoms with Gasteiger partial charge in [0.1, 0.15) is 5.82 Å². The lowest BCUT2D eigenvalue weighted by atomic mass is 9.83. The first-order valence-electron chi connectivity index (χ1n) is 5.81. The zero-order chi connectivity index (χ0) is 11.5. The molecule has 0 heterocycles. The molecular weight excluding hydrogens is 227 g/mol. The summed E-state index contributed by atoms with van der Waals surface area (Å²) in [6, 6.07) is 4.57. The van der Waals surface area contributed by atoms with Gasteiger partial charge in [-0.05, 0) is 36.5 Å². The first kappa shape index (κ1) is 11.9. The summed E-state index contributed by atoms with van der Waals surface area (Å²) >= 11 is 5.61. The van der Waals surface area contributed by atoms with E-state index in [0.717, 1.165) is 25.7 Å². The van der Waals surface area contributed by atoms with Gasteiger partial charge in [-0.1, -0.05) is 36.9 Å². The van der Waals surface area contributed by atoms with E-state index in [0.29, 0.717) is 5.56 Å². The van der Waals surface area contributed by atoms with Gasteiger partial charge in [-0.2, -0.15) is 0 Å². The zero-order valence-corrected chi connectivity index (χ0v) is 9.88. The number of hydrogen-bond acceptors (Lipinski definition) is 1. The molecule has 1 nitrogen and oxygen atoms in total. The van der Waals surface area contributed by atoms with Crippen molar-refractivity contribution in [3.63, 3.8) is 0 Å². The van der Waals surface area contributed by atoms with Crippen LogP contribution < -0.4 is 0 Å². The molecule has 88 valence electrons. The average Bonchev–Trinajstić information content (AvgIpc) is 2.33. The summed E-state index contributed by atoms with van der Waals surface area (Å²) in [7, 11) is 0. The molecule has 1 atom stereocenters. The highest BCUT2D eigenvalue weighted by atomic mass is 35.5. The van der Waals surface area contributed by atoms with Gasteiger partial charge in [0.2, 0.25) is 0 Å². The Balaban J connectivity index is 2.12. The molecule has 16 heavy (non-hydrogen) atoms. The second kappa shape index (κ2) is 5.15. The van der Waals surface area contributed by atoms with E-state index in [-0.39, 0.29) is 10.9 Å². The molecule has 0 aromatic heterocycles. The summed E-state index contributed by atoms with van der Waals surface area (Å²) in [5.41, 5.74) is 0.647. The lowest BCUT2D eigenvalue weighted by Gasteiger charge is -2.26. The third kappa shape index (κ3) is 2.55. The third-order valence-electron chi connectivity index (χ3n) is 3.38. The molecule has 1 fully saturated rings. The first-order valence-corrected chi connectivity index (χ1v) is 6.19. The topological polar surface area (TPSA) is 20.2 Å². The van der Waals surface area contributed by atoms with Crippen molar-refractivity contribution < 1.29 is 9.50 Å². The third-order valence-corrected chi connectivity index (χ3v) is 3.69. The molecular formula is C13H16ClFO. The molecule has 1 aromatic rings. The Hall–Kier alpha value is -0.600. The molecule has 0 aliphatic heterocycles. The largest absolute Gasteiger partial charge is 0.388 e. The minimum absolute atomic E-state index is 0.111. The number of halogens is 2. The SMILES string of the molecule is OC(c1ccc(Cl)c(F)c1)C1CCCCC1. The van der Waals surface area contributed by atoms with E-state index in [1.54, 1.807) is 6.07 Å². The minimum Gasteiger partial charge on any atom is -0.388 e. The molecule has 2 rings (SSSR count). The number of aliphatic hydroxyl groups is 1. The van der Waals surface area contributed by atoms with Crippen LogP contribution in [-0.4, -0.2) is 5.11 Å². The van der Waals surface area contributed by atoms with Crippen molar-refractivity contribution in [3.05, 3.63) is 34.6 Å². The van der Waals surface area contributed by atoms with Crippen LogP contribution >= 0.6 is 11.6 Å². The van der Waals surface area contributed by atoms with Gasteiger partial charge >= 0.3 is 0 Å². The number of benzene rings is 1. The van der Waals surface area contributed by atoms with Crippen molar-refractivity contribution in [3.8, 4) is 0 Å². The highest BCUT2D eigenvalue weighted by Gasteiger charge is 2.23. The van der Waals surface area contributed by atoms with Crippen molar-refractivity contribution in [2.24, 2.45) is 5.92 Å². The molecule has 1 saturated carbocycles. The molecule has 0 radical (unpaired) electrons. The maximum Gasteiger partial charge on any atom is 0.142 e. The number of rotatable bonds is 2. The summed E-state index contributed by atoms with van der Waals surface area (Å²) < 4.78 is 13.3. The molecule has 0 bridgehead atoms. The van der Waals surface area contributed by atoms with Crippen LogP contribution in [0.5, 0.6) is 0 Å². The van der Waals surface area contributed by atoms with Gasteiger partial charge in [0, 0.05) is 0 Å². The van der Waals surface area contributed by atoms with Crippen LogP contribution in [0, 0.1) is 11.7 Å². The smallest absolute Gasteiger partial charge is 0.142 e. The maximum atomic E-state index is 13.3. The predicted molar refractivity (Wildman–Crippen MR) is 62.9 cm³/mol. The fraction of sp³-hybridized carbons (Fsp3) is 0.538. The first-order chi connectivity index (χ1) is 7.68. The van der Waals surface area contributed by atoms with Crippen LogP contribution in [0.3, 0.4) is 0 Å². The molecule has 0 spiro atoms. The molecule has 3 heteroatoms. The van der Waals surface area contributed by atoms with Crippen molar-refractivity contribution in [2.75, 3.05) is 0 Å². The normalized spacial score (nSPS) is 19.7. The van der Waals surface area contributed by atoms with Crippen LogP contribution in [0.1, 0.15) is 43.8 Å². The number of aliphatic hydroxyl groups excluding tert-OH is 1. The summed E-state index contributed by atoms with van der Waals surface area (Å²) in [4.78, 5) is 0. The van der Waals surface area contributed by atoms with E-state index < -0.39 is 11.9 Å². The van der Waals surface area contributed by atoms with Gasteiger partial charge in [-0.3, -0.25) is 0 Å². The fourth-order valence-corrected chi connectivity index (χ4v) is 2.54. The van der Waals surface area contributed by atoms with Crippen molar-refractivity contribution >= 4 is 11.6 Å². The van der Waals surface area contributed by atoms with Gasteiger partial charge < -0.3 is 5.11 Å². The lowest BCUT2D eigenvalue weighted by molar-refractivity contribution is 0.0846. The highest BCUT2D eigenvalue weighted by molar-refractivity contribution is 6.30. The van der Waals surface area contributed by atoms with Crippen LogP contribution in [0.4, 0.5) is 4.39 Å². The molecule has 0 amide bonds. The summed E-state index contributed by atoms with van der Waals surface area (Å²) in [6.45, 7) is 0. The Labute approximate surface area is 100 Å². The Morgan fingerprint density at radius 1 is 1.25 bits per heavy atom. The fourth-order valence-electron chi connectivity index (χ4n) is 2.42. The summed E-state index contributed by atoms with van der Waals surface area (Å²) in [6.07, 6.45) is 5.09. The molecule has 1 aliphatic carbocycles. The van der Waals surface area contributed by atoms with E-state index >= 15 is 0 Å². The van der Waals surface area contributed by atoms with Crippen LogP contribution in [0.25, 0.3) is 0 Å². The van der Waals surface area contributed by atoms with E-state index in [2.05, 4.69) is 0 Å². The second-order valence-electron chi connectivity index (χ2n) is 4.52. The van der Waals surface area contributed by atoms with E-state index in [9.17, 15) is 9.50 Å². The van der Waals surface area contributed by atoms with Crippen molar-refractivity contribution in [2.45, 2.75) is 38.2 Å². The molecule has 0 saturated heterocycles. The van der Waals surface area contributed by atoms with Gasteiger partial charge in [-0.25, -0.2) is 4.39 Å². The predicted octanol–water partition coefficient (Wildman–Crippen LogP) is 4.09. The van der Waals surface area contributed by atoms with Crippen LogP contribution in [-0.2, 0) is 0 Å². The Morgan fingerprint density at radius 3 is 2.56 bits per heavy atom. The molecule has 1 aromatic carbocycles. The van der Waals surface area contributed by atoms with Crippen LogP contribution in [0.2, 0.25) is 5.02 Å². The summed E-state index contributed by atoms with van der Waals surface area (Å²) in [5.74, 6) is -0.177. The number of hydrogen-bond donors (Lipinski definition) is 1. The quantitative estimate of drug-likeness (QED) is 0.828. The Bertz CT molecular complexity index is 361. The molecule has 1 unspecified atom stereocenters. The standard InChI is InChI=1S/C13H16ClFO/c14-11-7-6-10(8-12(11)15)13(16)9-4-2-1-3-5-9/h6-9,13,16H,1-5H2. The zero-order valence-electron chi connectivity index (χ0n) is 9.13. The van der Waals surface area contributed by atoms with E-state index in [1.807, 2.05) is 0 Å². The van der Waals surface area contributed by atoms with Gasteiger partial charge in [0.15, 0.2) is 0 Å². The monoisotopic (exact) mass is 242 g/mol. The minimum atomic E-state index is -0.549. The van der Waals surface area contributed by atoms with E-state index in [1.165, 1.54) is 18.6 Å². The van der Waals surface area contributed by atoms with Crippen molar-refractivity contribution in [1.82, 2.24) is 0 Å². The average molecular weight is 243 g/mol. The highest BCUT2D eigenvalue weighted by Crippen LogP contribution is 2.35. The van der Waals surface area contributed by atoms with Gasteiger partial charge in [0.05, 0.1) is 11.1 Å². The Kier molecular flexibility index (Phi) is 3.82. The van der Waals surface area contributed by atoms with E-state index in [4.69, 9.17) is 11.6 Å². The van der Waals surface area contributed by atoms with Crippen LogP contribution in [0.15, 0.2) is 18.2 Å². The Morgan fingerprint density at radius 2 is 1.94 bits per heavy atom. The summed E-state index contributed by atoms with van der Waals surface area (Å²) in [5, 5.41) is 10.3. The van der Waals surface area contributed by atoms with Gasteiger partial charge in [-0.15, -0.1) is 0 Å². The molecule has 1 N–H and O–H groups in total. The maximum absolute atomic E-state index is 13.3. The lowest BCUT2D eigenvalue weighted by Crippen LogP contribution is -2.16. The second-order valence-corrected chi connectivity index (χ2v) is 4.92. The molecule has 1 aliphatic rings. The van der Waals surface area contributed by atoms with Gasteiger partial charge in [0.25, 0.3) is 0 Å².